The van der Waals surface area contributed by atoms with Crippen molar-refractivity contribution in [1.82, 2.24) is 4.31 Å². The van der Waals surface area contributed by atoms with E-state index in [4.69, 9.17) is 16.3 Å². The van der Waals surface area contributed by atoms with E-state index in [0.29, 0.717) is 47.1 Å². The Balaban J connectivity index is 1.55. The maximum absolute atomic E-state index is 13.5. The summed E-state index contributed by atoms with van der Waals surface area (Å²) in [5.41, 5.74) is 2.32. The van der Waals surface area contributed by atoms with Crippen molar-refractivity contribution in [3.63, 3.8) is 0 Å². The molecular formula is C23H26ClN3O5S. The van der Waals surface area contributed by atoms with Crippen LogP contribution in [0.5, 0.6) is 5.75 Å². The second-order valence-electron chi connectivity index (χ2n) is 8.47. The number of fused-ring (bicyclic) bond motifs is 1. The third-order valence-electron chi connectivity index (χ3n) is 6.11. The van der Waals surface area contributed by atoms with Gasteiger partial charge >= 0.3 is 0 Å². The molecular weight excluding hydrogens is 466 g/mol. The van der Waals surface area contributed by atoms with Crippen molar-refractivity contribution < 1.29 is 22.7 Å². The molecule has 0 bridgehead atoms. The molecule has 0 saturated carbocycles. The van der Waals surface area contributed by atoms with E-state index < -0.39 is 22.0 Å². The van der Waals surface area contributed by atoms with E-state index in [1.165, 1.54) is 10.4 Å². The fraction of sp³-hybridized carbons (Fsp3) is 0.391. The molecule has 0 radical (unpaired) electrons. The summed E-state index contributed by atoms with van der Waals surface area (Å²) < 4.78 is 33.9. The van der Waals surface area contributed by atoms with Gasteiger partial charge in [0.25, 0.3) is 5.91 Å². The van der Waals surface area contributed by atoms with Crippen molar-refractivity contribution in [2.75, 3.05) is 23.7 Å². The van der Waals surface area contributed by atoms with Crippen LogP contribution in [0.25, 0.3) is 0 Å². The Morgan fingerprint density at radius 3 is 2.79 bits per heavy atom. The molecule has 2 aliphatic heterocycles. The standard InChI is InChI=1S/C23H26ClN3O5S/c1-13-10-19-20(32-15(3)22(28)26-19)11-21(13)33(30,31)27-9-5-6-16(12-27)23(29)25-18-8-4-7-17(24)14(18)2/h4,7-8,10-11,15-16H,5-6,9,12H2,1-3H3,(H,25,29)(H,26,28)/t15-,16+/m0/s1. The first-order valence-corrected chi connectivity index (χ1v) is 12.6. The Hall–Kier alpha value is -2.62. The SMILES string of the molecule is Cc1cc2c(cc1S(=O)(=O)N1CCC[C@@H](C(=O)Nc3cccc(Cl)c3C)C1)O[C@@H](C)C(=O)N2. The zero-order valence-corrected chi connectivity index (χ0v) is 20.2. The third kappa shape index (κ3) is 4.58. The van der Waals surface area contributed by atoms with Crippen LogP contribution < -0.4 is 15.4 Å². The molecule has 2 amide bonds. The maximum atomic E-state index is 13.5. The van der Waals surface area contributed by atoms with Crippen molar-refractivity contribution in [2.45, 2.75) is 44.6 Å². The molecule has 2 atom stereocenters. The minimum absolute atomic E-state index is 0.0816. The lowest BCUT2D eigenvalue weighted by atomic mass is 9.98. The number of sulfonamides is 1. The quantitative estimate of drug-likeness (QED) is 0.678. The average molecular weight is 492 g/mol. The number of nitrogens with one attached hydrogen (secondary N) is 2. The Morgan fingerprint density at radius 2 is 2.03 bits per heavy atom. The molecule has 8 nitrogen and oxygen atoms in total. The van der Waals surface area contributed by atoms with Gasteiger partial charge in [-0.3, -0.25) is 9.59 Å². The summed E-state index contributed by atoms with van der Waals surface area (Å²) in [6.07, 6.45) is 0.445. The van der Waals surface area contributed by atoms with Crippen LogP contribution in [0.4, 0.5) is 11.4 Å². The highest BCUT2D eigenvalue weighted by molar-refractivity contribution is 7.89. The Bertz CT molecular complexity index is 1230. The van der Waals surface area contributed by atoms with Gasteiger partial charge in [-0.2, -0.15) is 4.31 Å². The van der Waals surface area contributed by atoms with E-state index in [2.05, 4.69) is 10.6 Å². The molecule has 0 aliphatic carbocycles. The lowest BCUT2D eigenvalue weighted by Crippen LogP contribution is -2.44. The summed E-state index contributed by atoms with van der Waals surface area (Å²) in [6.45, 7) is 5.50. The number of aryl methyl sites for hydroxylation is 1. The van der Waals surface area contributed by atoms with Gasteiger partial charge in [-0.05, 0) is 62.9 Å². The molecule has 2 heterocycles. The molecule has 10 heteroatoms. The number of carbonyl (C=O) groups is 2. The summed E-state index contributed by atoms with van der Waals surface area (Å²) in [6, 6.07) is 8.33. The highest BCUT2D eigenvalue weighted by Gasteiger charge is 2.35. The molecule has 33 heavy (non-hydrogen) atoms. The van der Waals surface area contributed by atoms with E-state index in [1.54, 1.807) is 38.1 Å². The van der Waals surface area contributed by atoms with Crippen molar-refractivity contribution in [3.05, 3.63) is 46.5 Å². The largest absolute Gasteiger partial charge is 0.479 e. The van der Waals surface area contributed by atoms with Crippen molar-refractivity contribution in [1.29, 1.82) is 0 Å². The average Bonchev–Trinajstić information content (AvgIpc) is 2.77. The lowest BCUT2D eigenvalue weighted by molar-refractivity contribution is -0.123. The predicted molar refractivity (Wildman–Crippen MR) is 126 cm³/mol. The lowest BCUT2D eigenvalue weighted by Gasteiger charge is -2.32. The first kappa shape index (κ1) is 23.5. The first-order valence-electron chi connectivity index (χ1n) is 10.8. The van der Waals surface area contributed by atoms with Crippen LogP contribution in [-0.4, -0.2) is 43.7 Å². The maximum Gasteiger partial charge on any atom is 0.265 e. The van der Waals surface area contributed by atoms with Crippen molar-refractivity contribution in [2.24, 2.45) is 5.92 Å². The summed E-state index contributed by atoms with van der Waals surface area (Å²) in [7, 11) is -3.87. The molecule has 2 aromatic rings. The van der Waals surface area contributed by atoms with Gasteiger partial charge < -0.3 is 15.4 Å². The van der Waals surface area contributed by atoms with Gasteiger partial charge in [0.15, 0.2) is 6.10 Å². The van der Waals surface area contributed by atoms with Crippen LogP contribution in [0.15, 0.2) is 35.2 Å². The van der Waals surface area contributed by atoms with E-state index in [0.717, 1.165) is 5.56 Å². The van der Waals surface area contributed by atoms with Gasteiger partial charge in [0.05, 0.1) is 16.5 Å². The molecule has 2 aromatic carbocycles. The van der Waals surface area contributed by atoms with Gasteiger partial charge in [-0.15, -0.1) is 0 Å². The minimum Gasteiger partial charge on any atom is -0.479 e. The van der Waals surface area contributed by atoms with Crippen molar-refractivity contribution >= 4 is 44.8 Å². The van der Waals surface area contributed by atoms with E-state index in [-0.39, 0.29) is 23.3 Å². The van der Waals surface area contributed by atoms with Crippen LogP contribution in [0.2, 0.25) is 5.02 Å². The van der Waals surface area contributed by atoms with Crippen LogP contribution in [0.1, 0.15) is 30.9 Å². The number of carbonyl (C=O) groups excluding carboxylic acids is 2. The van der Waals surface area contributed by atoms with Gasteiger partial charge in [-0.1, -0.05) is 17.7 Å². The van der Waals surface area contributed by atoms with Gasteiger partial charge in [0.2, 0.25) is 15.9 Å². The highest BCUT2D eigenvalue weighted by Crippen LogP contribution is 2.36. The van der Waals surface area contributed by atoms with Crippen molar-refractivity contribution in [3.8, 4) is 5.75 Å². The molecule has 1 fully saturated rings. The summed E-state index contributed by atoms with van der Waals surface area (Å²) in [4.78, 5) is 24.9. The summed E-state index contributed by atoms with van der Waals surface area (Å²) in [5.74, 6) is -0.686. The number of anilines is 2. The fourth-order valence-corrected chi connectivity index (χ4v) is 6.03. The van der Waals surface area contributed by atoms with Crippen LogP contribution in [-0.2, 0) is 19.6 Å². The van der Waals surface area contributed by atoms with Crippen LogP contribution >= 0.6 is 11.6 Å². The van der Waals surface area contributed by atoms with E-state index in [1.807, 2.05) is 6.92 Å². The number of hydrogen-bond acceptors (Lipinski definition) is 5. The zero-order chi connectivity index (χ0) is 23.9. The number of benzene rings is 2. The number of amides is 2. The monoisotopic (exact) mass is 491 g/mol. The molecule has 0 unspecified atom stereocenters. The van der Waals surface area contributed by atoms with Crippen LogP contribution in [0.3, 0.4) is 0 Å². The molecule has 176 valence electrons. The number of halogens is 1. The van der Waals surface area contributed by atoms with Crippen LogP contribution in [0, 0.1) is 19.8 Å². The number of hydrogen-bond donors (Lipinski definition) is 2. The predicted octanol–water partition coefficient (Wildman–Crippen LogP) is 3.72. The molecule has 2 N–H and O–H groups in total. The Labute approximate surface area is 198 Å². The molecule has 2 aliphatic rings. The minimum atomic E-state index is -3.87. The smallest absolute Gasteiger partial charge is 0.265 e. The number of nitrogens with zero attached hydrogens (tertiary/aromatic N) is 1. The van der Waals surface area contributed by atoms with Gasteiger partial charge in [-0.25, -0.2) is 8.42 Å². The fourth-order valence-electron chi connectivity index (χ4n) is 4.11. The summed E-state index contributed by atoms with van der Waals surface area (Å²) >= 11 is 6.14. The molecule has 1 saturated heterocycles. The number of ether oxygens (including phenoxy) is 1. The molecule has 0 aromatic heterocycles. The zero-order valence-electron chi connectivity index (χ0n) is 18.6. The molecule has 0 spiro atoms. The second kappa shape index (κ2) is 8.96. The molecule has 4 rings (SSSR count). The first-order chi connectivity index (χ1) is 15.6. The normalized spacial score (nSPS) is 21.0. The van der Waals surface area contributed by atoms with E-state index in [9.17, 15) is 18.0 Å². The third-order valence-corrected chi connectivity index (χ3v) is 8.52. The number of rotatable bonds is 4. The second-order valence-corrected chi connectivity index (χ2v) is 10.8. The topological polar surface area (TPSA) is 105 Å². The number of piperidine rings is 1. The van der Waals surface area contributed by atoms with E-state index >= 15 is 0 Å². The highest BCUT2D eigenvalue weighted by atomic mass is 35.5. The van der Waals surface area contributed by atoms with Gasteiger partial charge in [0, 0.05) is 29.9 Å². The Morgan fingerprint density at radius 1 is 1.27 bits per heavy atom. The Kier molecular flexibility index (Phi) is 6.39. The summed E-state index contributed by atoms with van der Waals surface area (Å²) in [5, 5.41) is 6.17. The van der Waals surface area contributed by atoms with Gasteiger partial charge in [0.1, 0.15) is 5.75 Å².